The van der Waals surface area contributed by atoms with E-state index < -0.39 is 0 Å². The summed E-state index contributed by atoms with van der Waals surface area (Å²) in [4.78, 5) is 14.7. The van der Waals surface area contributed by atoms with Crippen LogP contribution in [-0.2, 0) is 17.6 Å². The lowest BCUT2D eigenvalue weighted by molar-refractivity contribution is -0.0262. The predicted octanol–water partition coefficient (Wildman–Crippen LogP) is 2.57. The Hall–Kier alpha value is -1.36. The van der Waals surface area contributed by atoms with E-state index >= 15 is 0 Å². The number of morpholine rings is 1. The highest BCUT2D eigenvalue weighted by Crippen LogP contribution is 2.24. The van der Waals surface area contributed by atoms with E-state index in [1.54, 1.807) is 0 Å². The molecule has 0 aromatic carbocycles. The molecule has 1 N–H and O–H groups in total. The molecule has 0 spiro atoms. The summed E-state index contributed by atoms with van der Waals surface area (Å²) in [5.41, 5.74) is 2.95. The first kappa shape index (κ1) is 15.5. The molecule has 1 fully saturated rings. The lowest BCUT2D eigenvalue weighted by Crippen LogP contribution is -2.46. The van der Waals surface area contributed by atoms with Crippen LogP contribution in [0, 0.1) is 5.92 Å². The molecule has 1 aromatic rings. The monoisotopic (exact) mass is 305 g/mol. The van der Waals surface area contributed by atoms with Crippen molar-refractivity contribution in [3.05, 3.63) is 17.0 Å². The Balaban J connectivity index is 1.58. The Morgan fingerprint density at radius 3 is 3.14 bits per heavy atom. The van der Waals surface area contributed by atoms with Gasteiger partial charge in [-0.3, -0.25) is 9.89 Å². The van der Waals surface area contributed by atoms with Gasteiger partial charge in [-0.15, -0.1) is 0 Å². The van der Waals surface area contributed by atoms with Crippen LogP contribution in [0.15, 0.2) is 0 Å². The fourth-order valence-corrected chi connectivity index (χ4v) is 3.48. The number of aryl methyl sites for hydroxylation is 1. The average molecular weight is 305 g/mol. The van der Waals surface area contributed by atoms with E-state index in [0.29, 0.717) is 25.4 Å². The number of carbonyl (C=O) groups is 1. The number of H-pyrrole nitrogens is 1. The summed E-state index contributed by atoms with van der Waals surface area (Å²) in [5, 5.41) is 7.30. The minimum atomic E-state index is 0.0801. The molecule has 1 amide bonds. The van der Waals surface area contributed by atoms with E-state index in [2.05, 4.69) is 24.0 Å². The van der Waals surface area contributed by atoms with Crippen molar-refractivity contribution in [3.63, 3.8) is 0 Å². The summed E-state index contributed by atoms with van der Waals surface area (Å²) in [6.07, 6.45) is 6.75. The topological polar surface area (TPSA) is 58.2 Å². The van der Waals surface area contributed by atoms with Crippen molar-refractivity contribution < 1.29 is 9.53 Å². The zero-order valence-corrected chi connectivity index (χ0v) is 13.7. The molecular formula is C17H27N3O2. The number of hydrogen-bond acceptors (Lipinski definition) is 3. The molecule has 0 unspecified atom stereocenters. The molecule has 5 nitrogen and oxygen atoms in total. The van der Waals surface area contributed by atoms with E-state index in [1.807, 2.05) is 4.90 Å². The van der Waals surface area contributed by atoms with Crippen LogP contribution < -0.4 is 0 Å². The number of hydrogen-bond donors (Lipinski definition) is 1. The van der Waals surface area contributed by atoms with Gasteiger partial charge in [0.1, 0.15) is 0 Å². The number of amides is 1. The van der Waals surface area contributed by atoms with Gasteiger partial charge >= 0.3 is 0 Å². The van der Waals surface area contributed by atoms with Crippen LogP contribution >= 0.6 is 0 Å². The van der Waals surface area contributed by atoms with Gasteiger partial charge in [0.25, 0.3) is 5.91 Å². The van der Waals surface area contributed by atoms with Crippen LogP contribution in [0.1, 0.15) is 61.3 Å². The number of nitrogens with zero attached hydrogens (tertiary/aromatic N) is 2. The van der Waals surface area contributed by atoms with E-state index in [4.69, 9.17) is 4.74 Å². The molecule has 1 atom stereocenters. The van der Waals surface area contributed by atoms with Gasteiger partial charge < -0.3 is 9.64 Å². The Kier molecular flexibility index (Phi) is 4.81. The Bertz CT molecular complexity index is 524. The van der Waals surface area contributed by atoms with Crippen LogP contribution in [0.4, 0.5) is 0 Å². The maximum absolute atomic E-state index is 12.7. The third-order valence-electron chi connectivity index (χ3n) is 4.74. The zero-order chi connectivity index (χ0) is 15.5. The second kappa shape index (κ2) is 6.82. The lowest BCUT2D eigenvalue weighted by Gasteiger charge is -2.33. The molecule has 2 aliphatic rings. The molecule has 1 aliphatic carbocycles. The minimum Gasteiger partial charge on any atom is -0.375 e. The molecular weight excluding hydrogens is 278 g/mol. The van der Waals surface area contributed by atoms with Gasteiger partial charge in [0.15, 0.2) is 5.69 Å². The second-order valence-corrected chi connectivity index (χ2v) is 6.95. The van der Waals surface area contributed by atoms with E-state index in [1.165, 1.54) is 12.8 Å². The SMILES string of the molecule is CC(C)CCC[C@H]1CN(C(=O)c2n[nH]c3c2CCC3)CCO1. The van der Waals surface area contributed by atoms with Crippen molar-refractivity contribution in [1.29, 1.82) is 0 Å². The van der Waals surface area contributed by atoms with Crippen molar-refractivity contribution in [2.75, 3.05) is 19.7 Å². The standard InChI is InChI=1S/C17H27N3O2/c1-12(2)5-3-6-13-11-20(9-10-22-13)17(21)16-14-7-4-8-15(14)18-19-16/h12-13H,3-11H2,1-2H3,(H,18,19)/t13-/m0/s1. The number of aromatic nitrogens is 2. The van der Waals surface area contributed by atoms with E-state index in [0.717, 1.165) is 42.9 Å². The number of carbonyl (C=O) groups excluding carboxylic acids is 1. The highest BCUT2D eigenvalue weighted by molar-refractivity contribution is 5.94. The van der Waals surface area contributed by atoms with Crippen molar-refractivity contribution in [3.8, 4) is 0 Å². The fourth-order valence-electron chi connectivity index (χ4n) is 3.48. The highest BCUT2D eigenvalue weighted by Gasteiger charge is 2.30. The normalized spacial score (nSPS) is 21.4. The first-order valence-corrected chi connectivity index (χ1v) is 8.62. The van der Waals surface area contributed by atoms with E-state index in [9.17, 15) is 4.79 Å². The first-order chi connectivity index (χ1) is 10.6. The maximum atomic E-state index is 12.7. The molecule has 2 heterocycles. The Labute approximate surface area is 132 Å². The molecule has 1 saturated heterocycles. The minimum absolute atomic E-state index is 0.0801. The van der Waals surface area contributed by atoms with Crippen molar-refractivity contribution >= 4 is 5.91 Å². The number of fused-ring (bicyclic) bond motifs is 1. The predicted molar refractivity (Wildman–Crippen MR) is 84.9 cm³/mol. The van der Waals surface area contributed by atoms with Crippen LogP contribution in [0.2, 0.25) is 0 Å². The van der Waals surface area contributed by atoms with Crippen molar-refractivity contribution in [2.45, 2.75) is 58.5 Å². The summed E-state index contributed by atoms with van der Waals surface area (Å²) in [6.45, 7) is 6.52. The molecule has 0 saturated carbocycles. The molecule has 1 aromatic heterocycles. The van der Waals surface area contributed by atoms with Gasteiger partial charge in [-0.1, -0.05) is 26.7 Å². The number of nitrogens with one attached hydrogen (secondary N) is 1. The molecule has 5 heteroatoms. The van der Waals surface area contributed by atoms with Gasteiger partial charge in [0, 0.05) is 24.3 Å². The maximum Gasteiger partial charge on any atom is 0.274 e. The molecule has 3 rings (SSSR count). The van der Waals surface area contributed by atoms with Crippen molar-refractivity contribution in [2.24, 2.45) is 5.92 Å². The van der Waals surface area contributed by atoms with Crippen LogP contribution in [-0.4, -0.2) is 46.8 Å². The number of rotatable bonds is 5. The summed E-state index contributed by atoms with van der Waals surface area (Å²) >= 11 is 0. The molecule has 0 bridgehead atoms. The Morgan fingerprint density at radius 1 is 1.45 bits per heavy atom. The van der Waals surface area contributed by atoms with Crippen molar-refractivity contribution in [1.82, 2.24) is 15.1 Å². The Morgan fingerprint density at radius 2 is 2.32 bits per heavy atom. The van der Waals surface area contributed by atoms with Gasteiger partial charge in [-0.05, 0) is 31.6 Å². The largest absolute Gasteiger partial charge is 0.375 e. The molecule has 0 radical (unpaired) electrons. The molecule has 122 valence electrons. The lowest BCUT2D eigenvalue weighted by atomic mass is 10.0. The van der Waals surface area contributed by atoms with Crippen LogP contribution in [0.3, 0.4) is 0 Å². The van der Waals surface area contributed by atoms with E-state index in [-0.39, 0.29) is 12.0 Å². The quantitative estimate of drug-likeness (QED) is 0.909. The van der Waals surface area contributed by atoms with Gasteiger partial charge in [0.2, 0.25) is 0 Å². The second-order valence-electron chi connectivity index (χ2n) is 6.95. The summed E-state index contributed by atoms with van der Waals surface area (Å²) < 4.78 is 5.83. The average Bonchev–Trinajstić information content (AvgIpc) is 3.09. The zero-order valence-electron chi connectivity index (χ0n) is 13.7. The third-order valence-corrected chi connectivity index (χ3v) is 4.74. The first-order valence-electron chi connectivity index (χ1n) is 8.62. The van der Waals surface area contributed by atoms with Gasteiger partial charge in [-0.25, -0.2) is 0 Å². The number of ether oxygens (including phenoxy) is 1. The summed E-state index contributed by atoms with van der Waals surface area (Å²) in [5.74, 6) is 0.810. The van der Waals surface area contributed by atoms with Gasteiger partial charge in [0.05, 0.1) is 12.7 Å². The van der Waals surface area contributed by atoms with Gasteiger partial charge in [-0.2, -0.15) is 5.10 Å². The fraction of sp³-hybridized carbons (Fsp3) is 0.765. The highest BCUT2D eigenvalue weighted by atomic mass is 16.5. The van der Waals surface area contributed by atoms with Crippen LogP contribution in [0.25, 0.3) is 0 Å². The smallest absolute Gasteiger partial charge is 0.274 e. The third kappa shape index (κ3) is 3.35. The summed E-state index contributed by atoms with van der Waals surface area (Å²) in [6, 6.07) is 0. The summed E-state index contributed by atoms with van der Waals surface area (Å²) in [7, 11) is 0. The molecule has 22 heavy (non-hydrogen) atoms. The number of aromatic amines is 1. The molecule has 1 aliphatic heterocycles. The van der Waals surface area contributed by atoms with Crippen LogP contribution in [0.5, 0.6) is 0 Å².